The predicted molar refractivity (Wildman–Crippen MR) is 55.4 cm³/mol. The maximum Gasteiger partial charge on any atom is 0.374 e. The zero-order valence-electron chi connectivity index (χ0n) is 9.11. The molecular formula is C11H16NO4+. The van der Waals surface area contributed by atoms with E-state index in [2.05, 4.69) is 0 Å². The Morgan fingerprint density at radius 3 is 2.94 bits per heavy atom. The summed E-state index contributed by atoms with van der Waals surface area (Å²) in [6.07, 6.45) is 1.46. The second-order valence-electron chi connectivity index (χ2n) is 3.73. The van der Waals surface area contributed by atoms with Gasteiger partial charge in [0.2, 0.25) is 5.76 Å². The number of ether oxygens (including phenoxy) is 2. The van der Waals surface area contributed by atoms with Crippen LogP contribution >= 0.6 is 0 Å². The van der Waals surface area contributed by atoms with Crippen molar-refractivity contribution >= 4 is 5.97 Å². The van der Waals surface area contributed by atoms with Gasteiger partial charge in [0.15, 0.2) is 0 Å². The molecule has 0 atom stereocenters. The quantitative estimate of drug-likeness (QED) is 0.693. The van der Waals surface area contributed by atoms with Gasteiger partial charge >= 0.3 is 5.97 Å². The Morgan fingerprint density at radius 1 is 1.44 bits per heavy atom. The van der Waals surface area contributed by atoms with Gasteiger partial charge in [-0.05, 0) is 12.1 Å². The minimum absolute atomic E-state index is 0.261. The molecule has 5 nitrogen and oxygen atoms in total. The van der Waals surface area contributed by atoms with Crippen LogP contribution < -0.4 is 4.90 Å². The molecule has 0 amide bonds. The van der Waals surface area contributed by atoms with Gasteiger partial charge in [-0.15, -0.1) is 0 Å². The van der Waals surface area contributed by atoms with E-state index >= 15 is 0 Å². The first-order chi connectivity index (χ1) is 7.86. The minimum Gasteiger partial charge on any atom is -0.457 e. The number of esters is 1. The third kappa shape index (κ3) is 3.08. The molecule has 1 aliphatic rings. The highest BCUT2D eigenvalue weighted by Crippen LogP contribution is 2.01. The van der Waals surface area contributed by atoms with Crippen molar-refractivity contribution in [2.75, 3.05) is 39.5 Å². The van der Waals surface area contributed by atoms with Crippen molar-refractivity contribution in [3.05, 3.63) is 24.2 Å². The number of rotatable bonds is 4. The van der Waals surface area contributed by atoms with Gasteiger partial charge in [-0.25, -0.2) is 4.79 Å². The molecule has 88 valence electrons. The van der Waals surface area contributed by atoms with Crippen LogP contribution in [0, 0.1) is 0 Å². The standard InChI is InChI=1S/C11H15NO4/c13-11(10-2-1-6-15-10)16-9-5-12-3-7-14-8-4-12/h1-2,6H,3-5,7-9H2/p+1. The topological polar surface area (TPSA) is 53.1 Å². The maximum atomic E-state index is 11.4. The van der Waals surface area contributed by atoms with Crippen molar-refractivity contribution in [2.45, 2.75) is 0 Å². The second kappa shape index (κ2) is 5.67. The van der Waals surface area contributed by atoms with Crippen molar-refractivity contribution in [3.63, 3.8) is 0 Å². The summed E-state index contributed by atoms with van der Waals surface area (Å²) in [7, 11) is 0. The molecule has 1 aliphatic heterocycles. The molecule has 0 saturated carbocycles. The summed E-state index contributed by atoms with van der Waals surface area (Å²) in [5.74, 6) is -0.130. The maximum absolute atomic E-state index is 11.4. The molecule has 5 heteroatoms. The fourth-order valence-electron chi connectivity index (χ4n) is 1.66. The van der Waals surface area contributed by atoms with Crippen molar-refractivity contribution in [2.24, 2.45) is 0 Å². The zero-order valence-corrected chi connectivity index (χ0v) is 9.11. The van der Waals surface area contributed by atoms with E-state index in [4.69, 9.17) is 13.9 Å². The number of hydrogen-bond acceptors (Lipinski definition) is 4. The van der Waals surface area contributed by atoms with Crippen LogP contribution in [0.15, 0.2) is 22.8 Å². The molecule has 16 heavy (non-hydrogen) atoms. The van der Waals surface area contributed by atoms with Crippen LogP contribution in [-0.2, 0) is 9.47 Å². The van der Waals surface area contributed by atoms with Crippen LogP contribution in [0.1, 0.15) is 10.6 Å². The third-order valence-corrected chi connectivity index (χ3v) is 2.61. The molecule has 0 unspecified atom stereocenters. The largest absolute Gasteiger partial charge is 0.457 e. The van der Waals surface area contributed by atoms with Crippen molar-refractivity contribution < 1.29 is 23.6 Å². The molecular weight excluding hydrogens is 210 g/mol. The number of carbonyl (C=O) groups is 1. The lowest BCUT2D eigenvalue weighted by atomic mass is 10.4. The van der Waals surface area contributed by atoms with E-state index in [1.807, 2.05) is 0 Å². The minimum atomic E-state index is -0.391. The number of hydrogen-bond donors (Lipinski definition) is 1. The van der Waals surface area contributed by atoms with Crippen LogP contribution in [0.4, 0.5) is 0 Å². The number of furan rings is 1. The summed E-state index contributed by atoms with van der Waals surface area (Å²) < 4.78 is 15.3. The fraction of sp³-hybridized carbons (Fsp3) is 0.545. The molecule has 1 saturated heterocycles. The first kappa shape index (κ1) is 11.2. The lowest BCUT2D eigenvalue weighted by molar-refractivity contribution is -0.908. The fourth-order valence-corrected chi connectivity index (χ4v) is 1.66. The second-order valence-corrected chi connectivity index (χ2v) is 3.73. The van der Waals surface area contributed by atoms with Gasteiger partial charge in [0.1, 0.15) is 26.2 Å². The molecule has 1 fully saturated rings. The van der Waals surface area contributed by atoms with E-state index in [0.717, 1.165) is 32.8 Å². The summed E-state index contributed by atoms with van der Waals surface area (Å²) in [6.45, 7) is 4.81. The lowest BCUT2D eigenvalue weighted by Gasteiger charge is -2.23. The van der Waals surface area contributed by atoms with E-state index in [9.17, 15) is 4.79 Å². The molecule has 1 aromatic heterocycles. The van der Waals surface area contributed by atoms with E-state index in [-0.39, 0.29) is 5.76 Å². The molecule has 0 aliphatic carbocycles. The van der Waals surface area contributed by atoms with Crippen molar-refractivity contribution in [3.8, 4) is 0 Å². The summed E-state index contributed by atoms with van der Waals surface area (Å²) in [6, 6.07) is 3.27. The van der Waals surface area contributed by atoms with Crippen LogP contribution in [0.25, 0.3) is 0 Å². The Balaban J connectivity index is 1.66. The lowest BCUT2D eigenvalue weighted by Crippen LogP contribution is -3.14. The molecule has 0 bridgehead atoms. The smallest absolute Gasteiger partial charge is 0.374 e. The molecule has 0 aromatic carbocycles. The Kier molecular flexibility index (Phi) is 3.96. The average Bonchev–Trinajstić information content (AvgIpc) is 2.84. The number of carbonyl (C=O) groups excluding carboxylic acids is 1. The Bertz CT molecular complexity index is 317. The molecule has 1 N–H and O–H groups in total. The van der Waals surface area contributed by atoms with Crippen LogP contribution in [-0.4, -0.2) is 45.4 Å². The van der Waals surface area contributed by atoms with Gasteiger partial charge in [-0.2, -0.15) is 0 Å². The highest BCUT2D eigenvalue weighted by atomic mass is 16.5. The summed E-state index contributed by atoms with van der Waals surface area (Å²) in [4.78, 5) is 12.8. The van der Waals surface area contributed by atoms with Crippen LogP contribution in [0.5, 0.6) is 0 Å². The average molecular weight is 226 g/mol. The normalized spacial score (nSPS) is 17.2. The highest BCUT2D eigenvalue weighted by Gasteiger charge is 2.15. The van der Waals surface area contributed by atoms with Gasteiger partial charge in [-0.3, -0.25) is 0 Å². The highest BCUT2D eigenvalue weighted by molar-refractivity contribution is 5.86. The van der Waals surface area contributed by atoms with Crippen LogP contribution in [0.2, 0.25) is 0 Å². The van der Waals surface area contributed by atoms with E-state index < -0.39 is 5.97 Å². The first-order valence-electron chi connectivity index (χ1n) is 5.48. The molecule has 0 radical (unpaired) electrons. The third-order valence-electron chi connectivity index (χ3n) is 2.61. The summed E-state index contributed by atoms with van der Waals surface area (Å²) in [5.41, 5.74) is 0. The van der Waals surface area contributed by atoms with Gasteiger partial charge in [0, 0.05) is 0 Å². The van der Waals surface area contributed by atoms with Gasteiger partial charge in [-0.1, -0.05) is 0 Å². The van der Waals surface area contributed by atoms with Crippen molar-refractivity contribution in [1.29, 1.82) is 0 Å². The Hall–Kier alpha value is -1.33. The molecule has 1 aromatic rings. The van der Waals surface area contributed by atoms with E-state index in [0.29, 0.717) is 6.61 Å². The number of quaternary nitrogens is 1. The summed E-state index contributed by atoms with van der Waals surface area (Å²) in [5, 5.41) is 0. The van der Waals surface area contributed by atoms with E-state index in [1.165, 1.54) is 11.2 Å². The molecule has 2 rings (SSSR count). The molecule has 0 spiro atoms. The van der Waals surface area contributed by atoms with Gasteiger partial charge in [0.25, 0.3) is 0 Å². The SMILES string of the molecule is O=C(OCC[NH+]1CCOCC1)c1ccco1. The number of morpholine rings is 1. The number of nitrogens with one attached hydrogen (secondary N) is 1. The first-order valence-corrected chi connectivity index (χ1v) is 5.48. The monoisotopic (exact) mass is 226 g/mol. The van der Waals surface area contributed by atoms with E-state index in [1.54, 1.807) is 12.1 Å². The summed E-state index contributed by atoms with van der Waals surface area (Å²) >= 11 is 0. The van der Waals surface area contributed by atoms with Crippen molar-refractivity contribution in [1.82, 2.24) is 0 Å². The Morgan fingerprint density at radius 2 is 2.25 bits per heavy atom. The van der Waals surface area contributed by atoms with Gasteiger partial charge in [0.05, 0.1) is 19.5 Å². The van der Waals surface area contributed by atoms with Gasteiger partial charge < -0.3 is 18.8 Å². The molecule has 2 heterocycles. The Labute approximate surface area is 93.9 Å². The zero-order chi connectivity index (χ0) is 11.2. The predicted octanol–water partition coefficient (Wildman–Crippen LogP) is -0.648. The van der Waals surface area contributed by atoms with Crippen LogP contribution in [0.3, 0.4) is 0 Å².